The molecule has 0 amide bonds. The lowest BCUT2D eigenvalue weighted by atomic mass is 9.68. The van der Waals surface area contributed by atoms with Crippen LogP contribution in [0.15, 0.2) is 35.2 Å². The largest absolute Gasteiger partial charge is 0.208 e. The summed E-state index contributed by atoms with van der Waals surface area (Å²) in [7, 11) is 0. The van der Waals surface area contributed by atoms with Crippen LogP contribution in [0.5, 0.6) is 0 Å². The first-order valence-electron chi connectivity index (χ1n) is 9.43. The van der Waals surface area contributed by atoms with Gasteiger partial charge in [-0.05, 0) is 56.8 Å². The molecular weight excluding hydrogens is 309 g/mol. The van der Waals surface area contributed by atoms with Crippen molar-refractivity contribution in [2.75, 3.05) is 0 Å². The van der Waals surface area contributed by atoms with E-state index in [4.69, 9.17) is 0 Å². The minimum Gasteiger partial charge on any atom is -0.208 e. The molecule has 1 saturated carbocycles. The maximum absolute atomic E-state index is 14.1. The van der Waals surface area contributed by atoms with E-state index in [0.29, 0.717) is 5.92 Å². The standard InChI is InChI=1S/C21H31F3/c1-5-16-6-8-17(9-7-16)18-10-11-19(13(2)12-18)14(3)20(23)21(24)15(4)22/h14,16-18H,4-12H2,1-3H3/b21-20-. The molecule has 2 aliphatic rings. The molecule has 3 heteroatoms. The number of rotatable bonds is 5. The van der Waals surface area contributed by atoms with E-state index in [1.54, 1.807) is 6.92 Å². The molecule has 136 valence electrons. The Morgan fingerprint density at radius 3 is 2.21 bits per heavy atom. The van der Waals surface area contributed by atoms with E-state index in [2.05, 4.69) is 13.5 Å². The van der Waals surface area contributed by atoms with Gasteiger partial charge in [0.15, 0.2) is 11.7 Å². The van der Waals surface area contributed by atoms with Crippen molar-refractivity contribution in [3.05, 3.63) is 35.2 Å². The van der Waals surface area contributed by atoms with Gasteiger partial charge in [0.2, 0.25) is 0 Å². The summed E-state index contributed by atoms with van der Waals surface area (Å²) in [5.41, 5.74) is 2.12. The van der Waals surface area contributed by atoms with Crippen LogP contribution < -0.4 is 0 Å². The van der Waals surface area contributed by atoms with E-state index < -0.39 is 23.4 Å². The molecule has 0 heterocycles. The van der Waals surface area contributed by atoms with Gasteiger partial charge in [0.25, 0.3) is 0 Å². The Balaban J connectivity index is 2.03. The molecule has 2 rings (SSSR count). The minimum absolute atomic E-state index is 0.673. The summed E-state index contributed by atoms with van der Waals surface area (Å²) in [4.78, 5) is 0. The molecule has 0 nitrogen and oxygen atoms in total. The van der Waals surface area contributed by atoms with Crippen LogP contribution in [0.25, 0.3) is 0 Å². The van der Waals surface area contributed by atoms with Gasteiger partial charge in [0.1, 0.15) is 5.83 Å². The third-order valence-electron chi connectivity index (χ3n) is 6.39. The average Bonchev–Trinajstić information content (AvgIpc) is 2.59. The van der Waals surface area contributed by atoms with E-state index >= 15 is 0 Å². The molecule has 0 aromatic carbocycles. The zero-order valence-electron chi connectivity index (χ0n) is 15.3. The van der Waals surface area contributed by atoms with E-state index in [-0.39, 0.29) is 0 Å². The van der Waals surface area contributed by atoms with E-state index in [1.807, 2.05) is 6.92 Å². The second-order valence-corrected chi connectivity index (χ2v) is 7.79. The van der Waals surface area contributed by atoms with Gasteiger partial charge in [-0.2, -0.15) is 0 Å². The summed E-state index contributed by atoms with van der Waals surface area (Å²) in [6.45, 7) is 8.79. The van der Waals surface area contributed by atoms with Gasteiger partial charge in [-0.15, -0.1) is 0 Å². The van der Waals surface area contributed by atoms with E-state index in [9.17, 15) is 13.2 Å². The molecule has 0 bridgehead atoms. The van der Waals surface area contributed by atoms with Gasteiger partial charge in [0.05, 0.1) is 0 Å². The fourth-order valence-electron chi connectivity index (χ4n) is 4.71. The maximum atomic E-state index is 14.1. The van der Waals surface area contributed by atoms with Crippen LogP contribution in [-0.2, 0) is 0 Å². The predicted molar refractivity (Wildman–Crippen MR) is 94.4 cm³/mol. The van der Waals surface area contributed by atoms with Gasteiger partial charge >= 0.3 is 0 Å². The van der Waals surface area contributed by atoms with Crippen LogP contribution in [0, 0.1) is 23.7 Å². The number of hydrogen-bond donors (Lipinski definition) is 0. The van der Waals surface area contributed by atoms with Crippen molar-refractivity contribution in [3.8, 4) is 0 Å². The molecule has 0 aromatic rings. The normalized spacial score (nSPS) is 30.8. The second kappa shape index (κ2) is 8.40. The highest BCUT2D eigenvalue weighted by molar-refractivity contribution is 5.29. The van der Waals surface area contributed by atoms with Crippen molar-refractivity contribution in [1.29, 1.82) is 0 Å². The first-order valence-corrected chi connectivity index (χ1v) is 9.43. The highest BCUT2D eigenvalue weighted by Gasteiger charge is 2.32. The highest BCUT2D eigenvalue weighted by atomic mass is 19.2. The Hall–Kier alpha value is -0.990. The van der Waals surface area contributed by atoms with Crippen molar-refractivity contribution >= 4 is 0 Å². The zero-order chi connectivity index (χ0) is 17.9. The summed E-state index contributed by atoms with van der Waals surface area (Å²) < 4.78 is 40.5. The fourth-order valence-corrected chi connectivity index (χ4v) is 4.71. The molecule has 2 atom stereocenters. The highest BCUT2D eigenvalue weighted by Crippen LogP contribution is 2.44. The van der Waals surface area contributed by atoms with Crippen LogP contribution in [0.4, 0.5) is 13.2 Å². The Bertz CT molecular complexity index is 521. The van der Waals surface area contributed by atoms with Gasteiger partial charge in [-0.25, -0.2) is 13.2 Å². The van der Waals surface area contributed by atoms with Crippen LogP contribution in [0.3, 0.4) is 0 Å². The van der Waals surface area contributed by atoms with Crippen molar-refractivity contribution < 1.29 is 13.2 Å². The zero-order valence-corrected chi connectivity index (χ0v) is 15.3. The topological polar surface area (TPSA) is 0 Å². The molecule has 1 fully saturated rings. The Kier molecular flexibility index (Phi) is 6.77. The van der Waals surface area contributed by atoms with Crippen LogP contribution in [0.2, 0.25) is 0 Å². The minimum atomic E-state index is -1.43. The Labute approximate surface area is 144 Å². The quantitative estimate of drug-likeness (QED) is 0.357. The van der Waals surface area contributed by atoms with Crippen LogP contribution in [0.1, 0.15) is 72.1 Å². The first kappa shape index (κ1) is 19.3. The molecule has 0 radical (unpaired) electrons. The molecule has 0 N–H and O–H groups in total. The van der Waals surface area contributed by atoms with Crippen LogP contribution in [-0.4, -0.2) is 0 Å². The van der Waals surface area contributed by atoms with Gasteiger partial charge in [-0.1, -0.05) is 50.8 Å². The predicted octanol–water partition coefficient (Wildman–Crippen LogP) is 7.59. The second-order valence-electron chi connectivity index (χ2n) is 7.79. The van der Waals surface area contributed by atoms with E-state index in [1.165, 1.54) is 37.7 Å². The van der Waals surface area contributed by atoms with Crippen molar-refractivity contribution in [2.24, 2.45) is 23.7 Å². The Morgan fingerprint density at radius 1 is 1.08 bits per heavy atom. The lowest BCUT2D eigenvalue weighted by Gasteiger charge is -2.37. The molecule has 24 heavy (non-hydrogen) atoms. The molecule has 0 aliphatic heterocycles. The summed E-state index contributed by atoms with van der Waals surface area (Å²) in [5.74, 6) is -2.10. The summed E-state index contributed by atoms with van der Waals surface area (Å²) in [6.07, 6.45) is 9.41. The molecular formula is C21H31F3. The first-order chi connectivity index (χ1) is 11.3. The molecule has 2 unspecified atom stereocenters. The third kappa shape index (κ3) is 4.34. The van der Waals surface area contributed by atoms with Gasteiger partial charge in [0, 0.05) is 5.92 Å². The SMILES string of the molecule is C=C(F)/C(F)=C(/F)C(C)C1=C(C)CC(C2CCC(CC)CC2)CC1. The smallest absolute Gasteiger partial charge is 0.190 e. The third-order valence-corrected chi connectivity index (χ3v) is 6.39. The summed E-state index contributed by atoms with van der Waals surface area (Å²) in [5, 5.41) is 0. The Morgan fingerprint density at radius 2 is 1.71 bits per heavy atom. The average molecular weight is 340 g/mol. The van der Waals surface area contributed by atoms with Crippen LogP contribution >= 0.6 is 0 Å². The summed E-state index contributed by atoms with van der Waals surface area (Å²) >= 11 is 0. The van der Waals surface area contributed by atoms with E-state index in [0.717, 1.165) is 36.7 Å². The molecule has 0 saturated heterocycles. The maximum Gasteiger partial charge on any atom is 0.190 e. The monoisotopic (exact) mass is 340 g/mol. The van der Waals surface area contributed by atoms with Gasteiger partial charge in [-0.3, -0.25) is 0 Å². The van der Waals surface area contributed by atoms with Gasteiger partial charge < -0.3 is 0 Å². The lowest BCUT2D eigenvalue weighted by Crippen LogP contribution is -2.25. The van der Waals surface area contributed by atoms with Crippen molar-refractivity contribution in [3.63, 3.8) is 0 Å². The molecule has 2 aliphatic carbocycles. The molecule has 0 aromatic heterocycles. The summed E-state index contributed by atoms with van der Waals surface area (Å²) in [6, 6.07) is 0. The van der Waals surface area contributed by atoms with Crippen molar-refractivity contribution in [2.45, 2.75) is 72.1 Å². The number of halogens is 3. The fraction of sp³-hybridized carbons (Fsp3) is 0.714. The lowest BCUT2D eigenvalue weighted by molar-refractivity contribution is 0.185. The number of allylic oxidation sites excluding steroid dienone is 5. The number of hydrogen-bond acceptors (Lipinski definition) is 0. The molecule has 0 spiro atoms. The van der Waals surface area contributed by atoms with Crippen molar-refractivity contribution in [1.82, 2.24) is 0 Å².